The van der Waals surface area contributed by atoms with Crippen LogP contribution in [0.4, 0.5) is 0 Å². The fourth-order valence-electron chi connectivity index (χ4n) is 3.48. The van der Waals surface area contributed by atoms with Crippen molar-refractivity contribution in [3.8, 4) is 0 Å². The first-order valence-electron chi connectivity index (χ1n) is 9.85. The van der Waals surface area contributed by atoms with Crippen LogP contribution in [0, 0.1) is 12.8 Å². The Morgan fingerprint density at radius 3 is 2.04 bits per heavy atom. The zero-order chi connectivity index (χ0) is 19.2. The van der Waals surface area contributed by atoms with Gasteiger partial charge in [0.1, 0.15) is 0 Å². The van der Waals surface area contributed by atoms with E-state index in [1.54, 1.807) is 22.5 Å². The lowest BCUT2D eigenvalue weighted by molar-refractivity contribution is 0.426. The van der Waals surface area contributed by atoms with E-state index in [1.165, 1.54) is 36.8 Å². The smallest absolute Gasteiger partial charge is 0.207 e. The second kappa shape index (κ2) is 9.52. The summed E-state index contributed by atoms with van der Waals surface area (Å²) in [5, 5.41) is 0. The van der Waals surface area contributed by atoms with Crippen LogP contribution in [-0.4, -0.2) is 25.8 Å². The minimum atomic E-state index is -3.49. The standard InChI is InChI=1S/C22H33NO2S/c1-5-8-10-20-21(11-9-6-2)22(20)17-23(16-7-3)26(24,25)19-14-12-18(4)13-15-19/h7,12-15,22H,3,5-6,8-11,16-17H2,1-2,4H3. The molecule has 2 rings (SSSR count). The maximum atomic E-state index is 13.1. The number of hydrogen-bond acceptors (Lipinski definition) is 2. The van der Waals surface area contributed by atoms with Crippen molar-refractivity contribution < 1.29 is 8.42 Å². The lowest BCUT2D eigenvalue weighted by Crippen LogP contribution is -2.34. The Labute approximate surface area is 159 Å². The van der Waals surface area contributed by atoms with Crippen LogP contribution in [0.15, 0.2) is 53.0 Å². The van der Waals surface area contributed by atoms with Crippen molar-refractivity contribution >= 4 is 10.0 Å². The van der Waals surface area contributed by atoms with Crippen LogP contribution in [0.1, 0.15) is 57.9 Å². The Hall–Kier alpha value is -1.39. The summed E-state index contributed by atoms with van der Waals surface area (Å²) >= 11 is 0. The number of benzene rings is 1. The number of nitrogens with zero attached hydrogens (tertiary/aromatic N) is 1. The summed E-state index contributed by atoms with van der Waals surface area (Å²) in [6, 6.07) is 7.12. The van der Waals surface area contributed by atoms with Crippen LogP contribution < -0.4 is 0 Å². The van der Waals surface area contributed by atoms with E-state index in [1.807, 2.05) is 19.1 Å². The highest BCUT2D eigenvalue weighted by Crippen LogP contribution is 2.46. The molecule has 0 fully saturated rings. The van der Waals surface area contributed by atoms with Crippen LogP contribution in [0.25, 0.3) is 0 Å². The quantitative estimate of drug-likeness (QED) is 0.454. The van der Waals surface area contributed by atoms with Gasteiger partial charge in [0.2, 0.25) is 10.0 Å². The molecule has 0 saturated heterocycles. The molecule has 0 spiro atoms. The molecule has 0 unspecified atom stereocenters. The molecule has 1 aliphatic rings. The molecule has 0 saturated carbocycles. The minimum Gasteiger partial charge on any atom is -0.207 e. The summed E-state index contributed by atoms with van der Waals surface area (Å²) in [4.78, 5) is 0.371. The van der Waals surface area contributed by atoms with Gasteiger partial charge in [0.05, 0.1) is 4.90 Å². The van der Waals surface area contributed by atoms with E-state index in [4.69, 9.17) is 0 Å². The molecular weight excluding hydrogens is 342 g/mol. The van der Waals surface area contributed by atoms with Crippen LogP contribution in [-0.2, 0) is 10.0 Å². The van der Waals surface area contributed by atoms with Gasteiger partial charge in [-0.3, -0.25) is 0 Å². The lowest BCUT2D eigenvalue weighted by atomic mass is 10.1. The van der Waals surface area contributed by atoms with E-state index < -0.39 is 10.0 Å². The van der Waals surface area contributed by atoms with Gasteiger partial charge in [0, 0.05) is 19.0 Å². The molecule has 3 nitrogen and oxygen atoms in total. The van der Waals surface area contributed by atoms with Crippen molar-refractivity contribution in [1.29, 1.82) is 0 Å². The van der Waals surface area contributed by atoms with Gasteiger partial charge in [-0.15, -0.1) is 6.58 Å². The highest BCUT2D eigenvalue weighted by Gasteiger charge is 2.38. The van der Waals surface area contributed by atoms with Crippen molar-refractivity contribution in [3.63, 3.8) is 0 Å². The first-order chi connectivity index (χ1) is 12.5. The van der Waals surface area contributed by atoms with E-state index >= 15 is 0 Å². The summed E-state index contributed by atoms with van der Waals surface area (Å²) in [7, 11) is -3.49. The Kier molecular flexibility index (Phi) is 7.66. The second-order valence-electron chi connectivity index (χ2n) is 7.23. The third kappa shape index (κ3) is 5.08. The number of aryl methyl sites for hydroxylation is 1. The SMILES string of the molecule is C=CCN(CC1C(CCCC)=C1CCCC)S(=O)(=O)c1ccc(C)cc1. The number of rotatable bonds is 12. The molecule has 0 amide bonds. The largest absolute Gasteiger partial charge is 0.243 e. The van der Waals surface area contributed by atoms with Crippen LogP contribution in [0.5, 0.6) is 0 Å². The molecule has 0 bridgehead atoms. The second-order valence-corrected chi connectivity index (χ2v) is 9.17. The molecule has 0 N–H and O–H groups in total. The van der Waals surface area contributed by atoms with Gasteiger partial charge >= 0.3 is 0 Å². The molecular formula is C22H33NO2S. The van der Waals surface area contributed by atoms with Gasteiger partial charge in [0.25, 0.3) is 0 Å². The molecule has 1 aliphatic carbocycles. The number of unbranched alkanes of at least 4 members (excludes halogenated alkanes) is 2. The summed E-state index contributed by atoms with van der Waals surface area (Å²) in [6.45, 7) is 11.1. The van der Waals surface area contributed by atoms with Crippen molar-refractivity contribution in [2.75, 3.05) is 13.1 Å². The molecule has 26 heavy (non-hydrogen) atoms. The topological polar surface area (TPSA) is 37.4 Å². The third-order valence-electron chi connectivity index (χ3n) is 5.15. The molecule has 0 heterocycles. The first kappa shape index (κ1) is 20.9. The average Bonchev–Trinajstić information content (AvgIpc) is 3.29. The highest BCUT2D eigenvalue weighted by atomic mass is 32.2. The van der Waals surface area contributed by atoms with Gasteiger partial charge in [-0.05, 0) is 44.7 Å². The zero-order valence-electron chi connectivity index (χ0n) is 16.5. The van der Waals surface area contributed by atoms with Gasteiger partial charge < -0.3 is 0 Å². The summed E-state index contributed by atoms with van der Waals surface area (Å²) in [6.07, 6.45) is 8.65. The van der Waals surface area contributed by atoms with E-state index in [0.717, 1.165) is 18.4 Å². The zero-order valence-corrected chi connectivity index (χ0v) is 17.3. The predicted molar refractivity (Wildman–Crippen MR) is 110 cm³/mol. The Bertz CT molecular complexity index is 714. The highest BCUT2D eigenvalue weighted by molar-refractivity contribution is 7.89. The molecule has 144 valence electrons. The van der Waals surface area contributed by atoms with Crippen LogP contribution in [0.2, 0.25) is 0 Å². The monoisotopic (exact) mass is 375 g/mol. The van der Waals surface area contributed by atoms with Crippen LogP contribution >= 0.6 is 0 Å². The van der Waals surface area contributed by atoms with Crippen molar-refractivity contribution in [3.05, 3.63) is 53.6 Å². The van der Waals surface area contributed by atoms with E-state index in [2.05, 4.69) is 20.4 Å². The van der Waals surface area contributed by atoms with Gasteiger partial charge in [-0.2, -0.15) is 4.31 Å². The van der Waals surface area contributed by atoms with E-state index in [0.29, 0.717) is 23.9 Å². The summed E-state index contributed by atoms with van der Waals surface area (Å²) in [5.41, 5.74) is 4.08. The molecule has 4 heteroatoms. The number of sulfonamides is 1. The van der Waals surface area contributed by atoms with Gasteiger partial charge in [-0.25, -0.2) is 8.42 Å². The van der Waals surface area contributed by atoms with Gasteiger partial charge in [-0.1, -0.05) is 61.6 Å². The van der Waals surface area contributed by atoms with E-state index in [9.17, 15) is 8.42 Å². The fourth-order valence-corrected chi connectivity index (χ4v) is 4.90. The fraction of sp³-hybridized carbons (Fsp3) is 0.545. The molecule has 1 aromatic rings. The summed E-state index contributed by atoms with van der Waals surface area (Å²) < 4.78 is 27.8. The molecule has 0 radical (unpaired) electrons. The van der Waals surface area contributed by atoms with Gasteiger partial charge in [0.15, 0.2) is 0 Å². The summed E-state index contributed by atoms with van der Waals surface area (Å²) in [5.74, 6) is 0.341. The molecule has 0 aliphatic heterocycles. The Morgan fingerprint density at radius 1 is 1.04 bits per heavy atom. The Balaban J connectivity index is 2.14. The maximum absolute atomic E-state index is 13.1. The molecule has 0 aromatic heterocycles. The van der Waals surface area contributed by atoms with Crippen molar-refractivity contribution in [2.24, 2.45) is 5.92 Å². The number of hydrogen-bond donors (Lipinski definition) is 0. The minimum absolute atomic E-state index is 0.341. The van der Waals surface area contributed by atoms with Crippen LogP contribution in [0.3, 0.4) is 0 Å². The lowest BCUT2D eigenvalue weighted by Gasteiger charge is -2.21. The Morgan fingerprint density at radius 2 is 1.58 bits per heavy atom. The molecule has 0 atom stereocenters. The third-order valence-corrected chi connectivity index (χ3v) is 6.99. The normalized spacial score (nSPS) is 14.9. The first-order valence-corrected chi connectivity index (χ1v) is 11.3. The van der Waals surface area contributed by atoms with Crippen molar-refractivity contribution in [1.82, 2.24) is 4.31 Å². The molecule has 1 aromatic carbocycles. The average molecular weight is 376 g/mol. The maximum Gasteiger partial charge on any atom is 0.243 e. The van der Waals surface area contributed by atoms with E-state index in [-0.39, 0.29) is 0 Å². The van der Waals surface area contributed by atoms with Crippen molar-refractivity contribution in [2.45, 2.75) is 64.2 Å². The predicted octanol–water partition coefficient (Wildman–Crippen LogP) is 5.48.